The van der Waals surface area contributed by atoms with Gasteiger partial charge in [-0.3, -0.25) is 9.59 Å². The van der Waals surface area contributed by atoms with Gasteiger partial charge in [-0.2, -0.15) is 0 Å². The van der Waals surface area contributed by atoms with Crippen molar-refractivity contribution in [3.05, 3.63) is 0 Å². The van der Waals surface area contributed by atoms with Crippen molar-refractivity contribution in [2.75, 3.05) is 27.7 Å². The standard InChI is InChI=1S/C12H22N4O3/c1-8-5-12(6-8,10(13)14-19)11(18)16(4)7-9(17)15(2)3/h8,19H,5-7H2,1-4H3,(H2,13,14). The number of nitrogens with two attached hydrogens (primary N) is 1. The van der Waals surface area contributed by atoms with E-state index in [9.17, 15) is 9.59 Å². The van der Waals surface area contributed by atoms with E-state index in [4.69, 9.17) is 10.9 Å². The first-order valence-electron chi connectivity index (χ1n) is 6.18. The van der Waals surface area contributed by atoms with Crippen molar-refractivity contribution >= 4 is 17.6 Å². The lowest BCUT2D eigenvalue weighted by atomic mass is 9.61. The van der Waals surface area contributed by atoms with E-state index in [1.54, 1.807) is 21.1 Å². The largest absolute Gasteiger partial charge is 0.409 e. The Hall–Kier alpha value is -1.79. The summed E-state index contributed by atoms with van der Waals surface area (Å²) in [6.07, 6.45) is 1.09. The van der Waals surface area contributed by atoms with Crippen molar-refractivity contribution in [3.8, 4) is 0 Å². The lowest BCUT2D eigenvalue weighted by Gasteiger charge is -2.45. The maximum absolute atomic E-state index is 12.4. The molecule has 0 unspecified atom stereocenters. The Morgan fingerprint density at radius 3 is 2.26 bits per heavy atom. The van der Waals surface area contributed by atoms with Gasteiger partial charge >= 0.3 is 0 Å². The number of amidine groups is 1. The van der Waals surface area contributed by atoms with Crippen LogP contribution in [0, 0.1) is 11.3 Å². The van der Waals surface area contributed by atoms with Crippen LogP contribution in [0.3, 0.4) is 0 Å². The van der Waals surface area contributed by atoms with E-state index >= 15 is 0 Å². The number of amides is 2. The number of likely N-dealkylation sites (N-methyl/N-ethyl adjacent to an activating group) is 2. The van der Waals surface area contributed by atoms with E-state index in [1.807, 2.05) is 6.92 Å². The summed E-state index contributed by atoms with van der Waals surface area (Å²) in [5.41, 5.74) is 4.71. The number of carbonyl (C=O) groups excluding carboxylic acids is 2. The Morgan fingerprint density at radius 1 is 1.37 bits per heavy atom. The van der Waals surface area contributed by atoms with Crippen molar-refractivity contribution in [2.45, 2.75) is 19.8 Å². The summed E-state index contributed by atoms with van der Waals surface area (Å²) in [5.74, 6) is -0.157. The molecule has 7 heteroatoms. The highest BCUT2D eigenvalue weighted by Crippen LogP contribution is 2.46. The third kappa shape index (κ3) is 2.80. The molecule has 0 aromatic carbocycles. The molecule has 0 atom stereocenters. The molecule has 1 aliphatic carbocycles. The number of hydrogen-bond acceptors (Lipinski definition) is 4. The molecule has 0 aromatic rings. The van der Waals surface area contributed by atoms with E-state index in [1.165, 1.54) is 9.80 Å². The molecule has 0 aromatic heterocycles. The minimum absolute atomic E-state index is 0.0132. The van der Waals surface area contributed by atoms with Gasteiger partial charge in [0.15, 0.2) is 5.84 Å². The molecule has 1 fully saturated rings. The van der Waals surface area contributed by atoms with Gasteiger partial charge in [-0.25, -0.2) is 0 Å². The predicted molar refractivity (Wildman–Crippen MR) is 70.6 cm³/mol. The van der Waals surface area contributed by atoms with Crippen molar-refractivity contribution in [1.29, 1.82) is 0 Å². The predicted octanol–water partition coefficient (Wildman–Crippen LogP) is -0.304. The molecular weight excluding hydrogens is 248 g/mol. The van der Waals surface area contributed by atoms with Gasteiger partial charge in [0.05, 0.1) is 6.54 Å². The number of nitrogens with zero attached hydrogens (tertiary/aromatic N) is 3. The highest BCUT2D eigenvalue weighted by Gasteiger charge is 2.53. The van der Waals surface area contributed by atoms with Crippen LogP contribution in [0.25, 0.3) is 0 Å². The first-order valence-corrected chi connectivity index (χ1v) is 6.18. The SMILES string of the molecule is CC1CC(C(=O)N(C)CC(=O)N(C)C)(C(N)=NO)C1. The Labute approximate surface area is 113 Å². The fourth-order valence-corrected chi connectivity index (χ4v) is 2.50. The number of carbonyl (C=O) groups is 2. The van der Waals surface area contributed by atoms with Crippen molar-refractivity contribution in [1.82, 2.24) is 9.80 Å². The zero-order valence-corrected chi connectivity index (χ0v) is 11.9. The Kier molecular flexibility index (Phi) is 4.39. The van der Waals surface area contributed by atoms with Gasteiger partial charge in [-0.1, -0.05) is 12.1 Å². The van der Waals surface area contributed by atoms with Gasteiger partial charge in [0.1, 0.15) is 5.41 Å². The summed E-state index contributed by atoms with van der Waals surface area (Å²) in [5, 5.41) is 11.8. The van der Waals surface area contributed by atoms with Crippen LogP contribution in [-0.2, 0) is 9.59 Å². The topological polar surface area (TPSA) is 99.2 Å². The smallest absolute Gasteiger partial charge is 0.241 e. The number of oxime groups is 1. The zero-order valence-electron chi connectivity index (χ0n) is 11.9. The average Bonchev–Trinajstić information content (AvgIpc) is 2.32. The normalized spacial score (nSPS) is 26.5. The summed E-state index contributed by atoms with van der Waals surface area (Å²) < 4.78 is 0. The molecule has 0 spiro atoms. The quantitative estimate of drug-likeness (QED) is 0.317. The highest BCUT2D eigenvalue weighted by molar-refractivity contribution is 6.08. The van der Waals surface area contributed by atoms with Crippen LogP contribution in [-0.4, -0.2) is 60.3 Å². The molecule has 1 rings (SSSR count). The summed E-state index contributed by atoms with van der Waals surface area (Å²) >= 11 is 0. The lowest BCUT2D eigenvalue weighted by molar-refractivity contribution is -0.147. The molecule has 7 nitrogen and oxygen atoms in total. The number of rotatable bonds is 4. The van der Waals surface area contributed by atoms with Crippen LogP contribution in [0.15, 0.2) is 5.16 Å². The van der Waals surface area contributed by atoms with E-state index in [-0.39, 0.29) is 24.2 Å². The van der Waals surface area contributed by atoms with Gasteiger partial charge in [-0.05, 0) is 18.8 Å². The maximum Gasteiger partial charge on any atom is 0.241 e. The number of hydrogen-bond donors (Lipinski definition) is 2. The lowest BCUT2D eigenvalue weighted by Crippen LogP contribution is -2.58. The molecular formula is C12H22N4O3. The molecule has 2 amide bonds. The fourth-order valence-electron chi connectivity index (χ4n) is 2.50. The molecule has 108 valence electrons. The van der Waals surface area contributed by atoms with Crippen LogP contribution in [0.1, 0.15) is 19.8 Å². The second-order valence-corrected chi connectivity index (χ2v) is 5.53. The first kappa shape index (κ1) is 15.3. The summed E-state index contributed by atoms with van der Waals surface area (Å²) in [7, 11) is 4.82. The van der Waals surface area contributed by atoms with E-state index < -0.39 is 5.41 Å². The minimum Gasteiger partial charge on any atom is -0.409 e. The molecule has 0 saturated heterocycles. The molecule has 0 heterocycles. The molecule has 1 aliphatic rings. The van der Waals surface area contributed by atoms with Crippen molar-refractivity contribution < 1.29 is 14.8 Å². The first-order chi connectivity index (χ1) is 8.74. The van der Waals surface area contributed by atoms with Crippen molar-refractivity contribution in [3.63, 3.8) is 0 Å². The average molecular weight is 270 g/mol. The van der Waals surface area contributed by atoms with Crippen molar-refractivity contribution in [2.24, 2.45) is 22.2 Å². The Balaban J connectivity index is 2.82. The summed E-state index contributed by atoms with van der Waals surface area (Å²) in [4.78, 5) is 26.8. The third-order valence-corrected chi connectivity index (χ3v) is 3.62. The second-order valence-electron chi connectivity index (χ2n) is 5.53. The van der Waals surface area contributed by atoms with Gasteiger partial charge < -0.3 is 20.7 Å². The minimum atomic E-state index is -0.949. The van der Waals surface area contributed by atoms with Gasteiger partial charge in [0.2, 0.25) is 11.8 Å². The molecule has 0 bridgehead atoms. The molecule has 0 aliphatic heterocycles. The van der Waals surface area contributed by atoms with Crippen LogP contribution < -0.4 is 5.73 Å². The van der Waals surface area contributed by atoms with Crippen LogP contribution >= 0.6 is 0 Å². The molecule has 1 saturated carbocycles. The van der Waals surface area contributed by atoms with Gasteiger partial charge in [0, 0.05) is 21.1 Å². The Bertz CT molecular complexity index is 400. The summed E-state index contributed by atoms with van der Waals surface area (Å²) in [6.45, 7) is 1.99. The van der Waals surface area contributed by atoms with Gasteiger partial charge in [0.25, 0.3) is 0 Å². The third-order valence-electron chi connectivity index (χ3n) is 3.62. The molecule has 0 radical (unpaired) electrons. The van der Waals surface area contributed by atoms with Crippen LogP contribution in [0.2, 0.25) is 0 Å². The van der Waals surface area contributed by atoms with Crippen LogP contribution in [0.4, 0.5) is 0 Å². The second kappa shape index (κ2) is 5.46. The van der Waals surface area contributed by atoms with E-state index in [2.05, 4.69) is 5.16 Å². The summed E-state index contributed by atoms with van der Waals surface area (Å²) in [6, 6.07) is 0. The van der Waals surface area contributed by atoms with E-state index in [0.29, 0.717) is 18.8 Å². The van der Waals surface area contributed by atoms with E-state index in [0.717, 1.165) is 0 Å². The zero-order chi connectivity index (χ0) is 14.8. The maximum atomic E-state index is 12.4. The van der Waals surface area contributed by atoms with Crippen LogP contribution in [0.5, 0.6) is 0 Å². The molecule has 3 N–H and O–H groups in total. The Morgan fingerprint density at radius 2 is 1.89 bits per heavy atom. The molecule has 19 heavy (non-hydrogen) atoms. The highest BCUT2D eigenvalue weighted by atomic mass is 16.4. The monoisotopic (exact) mass is 270 g/mol. The van der Waals surface area contributed by atoms with Gasteiger partial charge in [-0.15, -0.1) is 0 Å². The fraction of sp³-hybridized carbons (Fsp3) is 0.750.